The van der Waals surface area contributed by atoms with E-state index in [2.05, 4.69) is 4.90 Å². The number of amides is 1. The van der Waals surface area contributed by atoms with E-state index in [1.165, 1.54) is 26.2 Å². The van der Waals surface area contributed by atoms with Crippen molar-refractivity contribution in [3.63, 3.8) is 0 Å². The Morgan fingerprint density at radius 3 is 2.46 bits per heavy atom. The topological polar surface area (TPSA) is 107 Å². The zero-order chi connectivity index (χ0) is 26.1. The number of nitrogens with zero attached hydrogens (tertiary/aromatic N) is 2. The summed E-state index contributed by atoms with van der Waals surface area (Å²) in [6.45, 7) is 2.76. The van der Waals surface area contributed by atoms with Crippen LogP contribution in [-0.4, -0.2) is 80.9 Å². The molecule has 0 aliphatic carbocycles. The summed E-state index contributed by atoms with van der Waals surface area (Å²) in [6, 6.07) is 7.44. The van der Waals surface area contributed by atoms with Crippen LogP contribution in [0, 0.1) is 0 Å². The van der Waals surface area contributed by atoms with Crippen molar-refractivity contribution in [3.05, 3.63) is 47.0 Å². The van der Waals surface area contributed by atoms with Crippen molar-refractivity contribution in [2.24, 2.45) is 0 Å². The molecule has 5 rings (SSSR count). The Labute approximate surface area is 214 Å². The first-order valence-electron chi connectivity index (χ1n) is 12.2. The standard InChI is InChI=1S/C27H30N2O8/c1-33-17-8-6-7-16(13-17)22(30)20-21(29(27(32)23(20)31)12-11-28-9-4-5-10-28)18-14-19(34-2)25-26(24(18)35-3)37-15-36-25/h6-8,13-14,21,30H,4-5,9-12,15H2,1-3H3/b22-20+. The molecule has 0 spiro atoms. The number of carbonyl (C=O) groups excluding carboxylic acids is 2. The Bertz CT molecular complexity index is 1250. The number of hydrogen-bond donors (Lipinski definition) is 1. The largest absolute Gasteiger partial charge is 0.507 e. The van der Waals surface area contributed by atoms with Crippen LogP contribution < -0.4 is 23.7 Å². The molecule has 0 bridgehead atoms. The number of hydrogen-bond acceptors (Lipinski definition) is 9. The molecule has 2 aromatic rings. The minimum absolute atomic E-state index is 0.0233. The summed E-state index contributed by atoms with van der Waals surface area (Å²) < 4.78 is 27.8. The van der Waals surface area contributed by atoms with Crippen LogP contribution in [0.15, 0.2) is 35.9 Å². The van der Waals surface area contributed by atoms with Gasteiger partial charge in [-0.2, -0.15) is 0 Å². The lowest BCUT2D eigenvalue weighted by Crippen LogP contribution is -2.37. The minimum Gasteiger partial charge on any atom is -0.507 e. The molecule has 2 aromatic carbocycles. The Morgan fingerprint density at radius 2 is 1.76 bits per heavy atom. The Morgan fingerprint density at radius 1 is 1.00 bits per heavy atom. The molecule has 0 saturated carbocycles. The van der Waals surface area contributed by atoms with Gasteiger partial charge in [0.2, 0.25) is 18.3 Å². The molecular weight excluding hydrogens is 480 g/mol. The molecule has 2 fully saturated rings. The van der Waals surface area contributed by atoms with Crippen molar-refractivity contribution in [2.45, 2.75) is 18.9 Å². The first-order valence-corrected chi connectivity index (χ1v) is 12.2. The SMILES string of the molecule is COc1cccc(/C(O)=C2\C(=O)C(=O)N(CCN3CCCC3)C2c2cc(OC)c3c(c2OC)OCO3)c1. The molecule has 3 aliphatic heterocycles. The maximum Gasteiger partial charge on any atom is 0.295 e. The maximum absolute atomic E-state index is 13.5. The van der Waals surface area contributed by atoms with Gasteiger partial charge in [-0.05, 0) is 44.1 Å². The number of ether oxygens (including phenoxy) is 5. The molecule has 37 heavy (non-hydrogen) atoms. The third-order valence-corrected chi connectivity index (χ3v) is 7.05. The number of methoxy groups -OCH3 is 3. The van der Waals surface area contributed by atoms with E-state index in [-0.39, 0.29) is 18.1 Å². The van der Waals surface area contributed by atoms with Crippen molar-refractivity contribution in [1.82, 2.24) is 9.80 Å². The summed E-state index contributed by atoms with van der Waals surface area (Å²) in [5.41, 5.74) is 0.765. The number of aliphatic hydroxyl groups excluding tert-OH is 1. The normalized spacial score (nSPS) is 20.5. The summed E-state index contributed by atoms with van der Waals surface area (Å²) in [7, 11) is 4.49. The van der Waals surface area contributed by atoms with Gasteiger partial charge in [0.05, 0.1) is 32.9 Å². The Kier molecular flexibility index (Phi) is 6.84. The predicted molar refractivity (Wildman–Crippen MR) is 133 cm³/mol. The number of aliphatic hydroxyl groups is 1. The van der Waals surface area contributed by atoms with Gasteiger partial charge >= 0.3 is 0 Å². The first kappa shape index (κ1) is 24.8. The number of carbonyl (C=O) groups is 2. The first-order chi connectivity index (χ1) is 18.0. The van der Waals surface area contributed by atoms with E-state index in [1.807, 2.05) is 0 Å². The van der Waals surface area contributed by atoms with Crippen molar-refractivity contribution >= 4 is 17.4 Å². The highest BCUT2D eigenvalue weighted by Crippen LogP contribution is 2.54. The van der Waals surface area contributed by atoms with E-state index in [0.29, 0.717) is 53.0 Å². The van der Waals surface area contributed by atoms with E-state index in [1.54, 1.807) is 30.3 Å². The molecule has 0 radical (unpaired) electrons. The minimum atomic E-state index is -0.938. The Hall–Kier alpha value is -3.92. The highest BCUT2D eigenvalue weighted by molar-refractivity contribution is 6.46. The maximum atomic E-state index is 13.5. The summed E-state index contributed by atoms with van der Waals surface area (Å²) in [5.74, 6) is 0.125. The number of likely N-dealkylation sites (tertiary alicyclic amines) is 2. The third kappa shape index (κ3) is 4.31. The molecule has 0 aromatic heterocycles. The smallest absolute Gasteiger partial charge is 0.295 e. The summed E-state index contributed by atoms with van der Waals surface area (Å²) in [4.78, 5) is 30.6. The number of Topliss-reactive ketones (excluding diaryl/α,β-unsaturated/α-hetero) is 1. The average Bonchev–Trinajstić information content (AvgIpc) is 3.67. The number of ketones is 1. The molecule has 1 atom stereocenters. The second-order valence-electron chi connectivity index (χ2n) is 9.04. The van der Waals surface area contributed by atoms with Gasteiger partial charge in [-0.3, -0.25) is 9.59 Å². The molecular formula is C27H30N2O8. The van der Waals surface area contributed by atoms with E-state index < -0.39 is 17.7 Å². The summed E-state index contributed by atoms with van der Waals surface area (Å²) in [5, 5.41) is 11.4. The molecule has 1 unspecified atom stereocenters. The van der Waals surface area contributed by atoms with E-state index in [4.69, 9.17) is 23.7 Å². The van der Waals surface area contributed by atoms with Gasteiger partial charge < -0.3 is 38.6 Å². The highest BCUT2D eigenvalue weighted by atomic mass is 16.7. The van der Waals surface area contributed by atoms with Gasteiger partial charge in [-0.15, -0.1) is 0 Å². The van der Waals surface area contributed by atoms with Crippen LogP contribution in [0.2, 0.25) is 0 Å². The lowest BCUT2D eigenvalue weighted by atomic mass is 9.93. The van der Waals surface area contributed by atoms with Crippen LogP contribution in [-0.2, 0) is 9.59 Å². The predicted octanol–water partition coefficient (Wildman–Crippen LogP) is 2.96. The van der Waals surface area contributed by atoms with Gasteiger partial charge in [-0.25, -0.2) is 0 Å². The number of benzene rings is 2. The average molecular weight is 511 g/mol. The van der Waals surface area contributed by atoms with Gasteiger partial charge in [0, 0.05) is 24.2 Å². The van der Waals surface area contributed by atoms with Gasteiger partial charge in [0.15, 0.2) is 11.5 Å². The molecule has 196 valence electrons. The van der Waals surface area contributed by atoms with E-state index in [9.17, 15) is 14.7 Å². The lowest BCUT2D eigenvalue weighted by Gasteiger charge is -2.29. The molecule has 2 saturated heterocycles. The second-order valence-corrected chi connectivity index (χ2v) is 9.04. The van der Waals surface area contributed by atoms with Crippen LogP contribution in [0.25, 0.3) is 5.76 Å². The Balaban J connectivity index is 1.68. The number of rotatable bonds is 8. The van der Waals surface area contributed by atoms with Crippen molar-refractivity contribution in [1.29, 1.82) is 0 Å². The van der Waals surface area contributed by atoms with Crippen molar-refractivity contribution in [2.75, 3.05) is 54.3 Å². The molecule has 3 aliphatic rings. The summed E-state index contributed by atoms with van der Waals surface area (Å²) >= 11 is 0. The quantitative estimate of drug-likeness (QED) is 0.326. The fourth-order valence-corrected chi connectivity index (χ4v) is 5.21. The molecule has 1 N–H and O–H groups in total. The molecule has 1 amide bonds. The second kappa shape index (κ2) is 10.2. The van der Waals surface area contributed by atoms with Crippen molar-refractivity contribution in [3.8, 4) is 28.7 Å². The van der Waals surface area contributed by atoms with Crippen LogP contribution in [0.3, 0.4) is 0 Å². The van der Waals surface area contributed by atoms with Crippen LogP contribution >= 0.6 is 0 Å². The molecule has 3 heterocycles. The third-order valence-electron chi connectivity index (χ3n) is 7.05. The monoisotopic (exact) mass is 510 g/mol. The van der Waals surface area contributed by atoms with E-state index in [0.717, 1.165) is 25.9 Å². The van der Waals surface area contributed by atoms with Crippen LogP contribution in [0.5, 0.6) is 28.7 Å². The lowest BCUT2D eigenvalue weighted by molar-refractivity contribution is -0.140. The van der Waals surface area contributed by atoms with Gasteiger partial charge in [0.1, 0.15) is 11.5 Å². The zero-order valence-corrected chi connectivity index (χ0v) is 21.1. The van der Waals surface area contributed by atoms with Gasteiger partial charge in [-0.1, -0.05) is 12.1 Å². The summed E-state index contributed by atoms with van der Waals surface area (Å²) in [6.07, 6.45) is 2.20. The van der Waals surface area contributed by atoms with Crippen molar-refractivity contribution < 1.29 is 38.4 Å². The van der Waals surface area contributed by atoms with E-state index >= 15 is 0 Å². The fraction of sp³-hybridized carbons (Fsp3) is 0.407. The zero-order valence-electron chi connectivity index (χ0n) is 21.1. The highest BCUT2D eigenvalue weighted by Gasteiger charge is 2.48. The number of fused-ring (bicyclic) bond motifs is 1. The molecule has 10 heteroatoms. The fourth-order valence-electron chi connectivity index (χ4n) is 5.21. The van der Waals surface area contributed by atoms with Crippen LogP contribution in [0.4, 0.5) is 0 Å². The molecule has 10 nitrogen and oxygen atoms in total. The van der Waals surface area contributed by atoms with Gasteiger partial charge in [0.25, 0.3) is 11.7 Å². The van der Waals surface area contributed by atoms with Crippen LogP contribution in [0.1, 0.15) is 30.0 Å².